The predicted molar refractivity (Wildman–Crippen MR) is 103 cm³/mol. The fourth-order valence-corrected chi connectivity index (χ4v) is 3.30. The van der Waals surface area contributed by atoms with Gasteiger partial charge in [0.2, 0.25) is 0 Å². The predicted octanol–water partition coefficient (Wildman–Crippen LogP) is 2.78. The Hall–Kier alpha value is -3.15. The van der Waals surface area contributed by atoms with Crippen LogP contribution in [0.3, 0.4) is 0 Å². The van der Waals surface area contributed by atoms with Gasteiger partial charge in [0.1, 0.15) is 11.8 Å². The van der Waals surface area contributed by atoms with Crippen LogP contribution < -0.4 is 4.74 Å². The lowest BCUT2D eigenvalue weighted by atomic mass is 9.94. The number of amides is 1. The molecule has 0 saturated heterocycles. The van der Waals surface area contributed by atoms with Gasteiger partial charge in [-0.05, 0) is 35.4 Å². The van der Waals surface area contributed by atoms with Crippen molar-refractivity contribution in [3.05, 3.63) is 65.2 Å². The largest absolute Gasteiger partial charge is 0.484 e. The molecule has 1 amide bonds. The van der Waals surface area contributed by atoms with Crippen molar-refractivity contribution in [3.63, 3.8) is 0 Å². The van der Waals surface area contributed by atoms with Gasteiger partial charge in [0.05, 0.1) is 7.11 Å². The average molecular weight is 381 g/mol. The van der Waals surface area contributed by atoms with Gasteiger partial charge in [-0.1, -0.05) is 31.2 Å². The van der Waals surface area contributed by atoms with Crippen molar-refractivity contribution in [1.29, 1.82) is 0 Å². The smallest absolute Gasteiger partial charge is 0.328 e. The Morgan fingerprint density at radius 2 is 1.71 bits per heavy atom. The van der Waals surface area contributed by atoms with E-state index in [0.717, 1.165) is 11.1 Å². The van der Waals surface area contributed by atoms with E-state index in [-0.39, 0.29) is 18.3 Å². The van der Waals surface area contributed by atoms with E-state index in [1.54, 1.807) is 31.2 Å². The number of carbonyl (C=O) groups excluding carboxylic acids is 3. The van der Waals surface area contributed by atoms with E-state index in [2.05, 4.69) is 0 Å². The number of nitrogens with zero attached hydrogens (tertiary/aromatic N) is 1. The molecule has 2 aromatic carbocycles. The highest BCUT2D eigenvalue weighted by Gasteiger charge is 2.35. The molecule has 0 aromatic heterocycles. The standard InChI is InChI=1S/C22H23NO5/c1-3-20(24)15-8-10-18(11-9-15)28-14-21(25)23-13-17-7-5-4-6-16(17)12-19(23)22(26)27-2/h4-11,19H,3,12-14H2,1-2H3/t19-/m0/s1. The second kappa shape index (κ2) is 8.69. The van der Waals surface area contributed by atoms with E-state index < -0.39 is 12.0 Å². The van der Waals surface area contributed by atoms with Gasteiger partial charge in [-0.3, -0.25) is 9.59 Å². The van der Waals surface area contributed by atoms with Crippen molar-refractivity contribution in [2.45, 2.75) is 32.4 Å². The van der Waals surface area contributed by atoms with Crippen molar-refractivity contribution >= 4 is 17.7 Å². The summed E-state index contributed by atoms with van der Waals surface area (Å²) in [6.45, 7) is 1.94. The highest BCUT2D eigenvalue weighted by atomic mass is 16.5. The van der Waals surface area contributed by atoms with Gasteiger partial charge in [0, 0.05) is 24.9 Å². The fourth-order valence-electron chi connectivity index (χ4n) is 3.30. The summed E-state index contributed by atoms with van der Waals surface area (Å²) >= 11 is 0. The fraction of sp³-hybridized carbons (Fsp3) is 0.318. The van der Waals surface area contributed by atoms with Crippen molar-refractivity contribution < 1.29 is 23.9 Å². The summed E-state index contributed by atoms with van der Waals surface area (Å²) in [5.41, 5.74) is 2.66. The monoisotopic (exact) mass is 381 g/mol. The molecule has 0 fully saturated rings. The van der Waals surface area contributed by atoms with Crippen molar-refractivity contribution in [2.75, 3.05) is 13.7 Å². The number of ether oxygens (including phenoxy) is 2. The molecule has 0 radical (unpaired) electrons. The molecule has 0 aliphatic carbocycles. The molecule has 1 atom stereocenters. The van der Waals surface area contributed by atoms with Crippen LogP contribution in [0.15, 0.2) is 48.5 Å². The molecule has 146 valence electrons. The van der Waals surface area contributed by atoms with Gasteiger partial charge < -0.3 is 14.4 Å². The molecular formula is C22H23NO5. The number of ketones is 1. The van der Waals surface area contributed by atoms with E-state index in [0.29, 0.717) is 30.7 Å². The maximum absolute atomic E-state index is 12.8. The van der Waals surface area contributed by atoms with Crippen LogP contribution in [0, 0.1) is 0 Å². The third-order valence-corrected chi connectivity index (χ3v) is 4.90. The van der Waals surface area contributed by atoms with Gasteiger partial charge in [-0.25, -0.2) is 4.79 Å². The molecule has 0 spiro atoms. The van der Waals surface area contributed by atoms with Gasteiger partial charge in [-0.15, -0.1) is 0 Å². The Morgan fingerprint density at radius 1 is 1.04 bits per heavy atom. The number of hydrogen-bond acceptors (Lipinski definition) is 5. The third kappa shape index (κ3) is 4.22. The number of carbonyl (C=O) groups is 3. The minimum absolute atomic E-state index is 0.0514. The minimum atomic E-state index is -0.666. The first-order chi connectivity index (χ1) is 13.5. The quantitative estimate of drug-likeness (QED) is 0.568. The molecule has 1 aliphatic heterocycles. The topological polar surface area (TPSA) is 72.9 Å². The van der Waals surface area contributed by atoms with Gasteiger partial charge >= 0.3 is 5.97 Å². The second-order valence-electron chi connectivity index (χ2n) is 6.62. The zero-order chi connectivity index (χ0) is 20.1. The molecule has 0 bridgehead atoms. The normalized spacial score (nSPS) is 15.5. The maximum Gasteiger partial charge on any atom is 0.328 e. The molecule has 3 rings (SSSR count). The zero-order valence-corrected chi connectivity index (χ0v) is 16.0. The minimum Gasteiger partial charge on any atom is -0.484 e. The second-order valence-corrected chi connectivity index (χ2v) is 6.62. The van der Waals surface area contributed by atoms with Crippen LogP contribution in [0.2, 0.25) is 0 Å². The van der Waals surface area contributed by atoms with Crippen LogP contribution in [-0.2, 0) is 27.3 Å². The highest BCUT2D eigenvalue weighted by molar-refractivity contribution is 5.95. The summed E-state index contributed by atoms with van der Waals surface area (Å²) in [5.74, 6) is -0.188. The van der Waals surface area contributed by atoms with Gasteiger partial charge in [0.25, 0.3) is 5.91 Å². The lowest BCUT2D eigenvalue weighted by molar-refractivity contribution is -0.154. The van der Waals surface area contributed by atoms with Crippen LogP contribution in [0.4, 0.5) is 0 Å². The highest BCUT2D eigenvalue weighted by Crippen LogP contribution is 2.24. The summed E-state index contributed by atoms with van der Waals surface area (Å²) in [7, 11) is 1.32. The summed E-state index contributed by atoms with van der Waals surface area (Å²) in [6, 6.07) is 13.8. The molecule has 6 nitrogen and oxygen atoms in total. The first-order valence-electron chi connectivity index (χ1n) is 9.23. The lowest BCUT2D eigenvalue weighted by Gasteiger charge is -2.35. The number of rotatable bonds is 6. The lowest BCUT2D eigenvalue weighted by Crippen LogP contribution is -2.50. The van der Waals surface area contributed by atoms with E-state index >= 15 is 0 Å². The Kier molecular flexibility index (Phi) is 6.09. The van der Waals surface area contributed by atoms with Crippen molar-refractivity contribution in [3.8, 4) is 5.75 Å². The van der Waals surface area contributed by atoms with Crippen molar-refractivity contribution in [2.24, 2.45) is 0 Å². The number of methoxy groups -OCH3 is 1. The average Bonchev–Trinajstić information content (AvgIpc) is 2.75. The summed E-state index contributed by atoms with van der Waals surface area (Å²) in [4.78, 5) is 38.2. The maximum atomic E-state index is 12.8. The Balaban J connectivity index is 1.69. The number of esters is 1. The molecule has 1 aliphatic rings. The molecule has 6 heteroatoms. The molecule has 28 heavy (non-hydrogen) atoms. The van der Waals surface area contributed by atoms with Gasteiger partial charge in [0.15, 0.2) is 12.4 Å². The molecule has 2 aromatic rings. The SMILES string of the molecule is CCC(=O)c1ccc(OCC(=O)N2Cc3ccccc3C[C@H]2C(=O)OC)cc1. The van der Waals surface area contributed by atoms with Crippen molar-refractivity contribution in [1.82, 2.24) is 4.90 Å². The van der Waals surface area contributed by atoms with Crippen LogP contribution >= 0.6 is 0 Å². The molecule has 0 saturated carbocycles. The molecule has 0 N–H and O–H groups in total. The summed E-state index contributed by atoms with van der Waals surface area (Å²) in [5, 5.41) is 0. The molecule has 1 heterocycles. The van der Waals surface area contributed by atoms with Crippen LogP contribution in [-0.4, -0.2) is 42.3 Å². The first-order valence-corrected chi connectivity index (χ1v) is 9.23. The molecular weight excluding hydrogens is 358 g/mol. The summed E-state index contributed by atoms with van der Waals surface area (Å²) < 4.78 is 10.5. The Labute approximate surface area is 164 Å². The van der Waals surface area contributed by atoms with Crippen LogP contribution in [0.1, 0.15) is 34.8 Å². The number of fused-ring (bicyclic) bond motifs is 1. The van der Waals surface area contributed by atoms with Crippen LogP contribution in [0.25, 0.3) is 0 Å². The number of hydrogen-bond donors (Lipinski definition) is 0. The Morgan fingerprint density at radius 3 is 2.36 bits per heavy atom. The van der Waals surface area contributed by atoms with E-state index in [1.807, 2.05) is 24.3 Å². The van der Waals surface area contributed by atoms with Gasteiger partial charge in [-0.2, -0.15) is 0 Å². The number of Topliss-reactive ketones (excluding diaryl/α,β-unsaturated/α-hetero) is 1. The van der Waals surface area contributed by atoms with E-state index in [1.165, 1.54) is 12.0 Å². The number of benzene rings is 2. The third-order valence-electron chi connectivity index (χ3n) is 4.90. The van der Waals surface area contributed by atoms with Crippen LogP contribution in [0.5, 0.6) is 5.75 Å². The Bertz CT molecular complexity index is 875. The van der Waals surface area contributed by atoms with E-state index in [9.17, 15) is 14.4 Å². The molecule has 0 unspecified atom stereocenters. The zero-order valence-electron chi connectivity index (χ0n) is 16.0. The summed E-state index contributed by atoms with van der Waals surface area (Å²) in [6.07, 6.45) is 0.854. The van der Waals surface area contributed by atoms with E-state index in [4.69, 9.17) is 9.47 Å². The first kappa shape index (κ1) is 19.6.